The molecule has 0 amide bonds. The summed E-state index contributed by atoms with van der Waals surface area (Å²) >= 11 is 0. The van der Waals surface area contributed by atoms with Crippen molar-refractivity contribution in [2.45, 2.75) is 19.6 Å². The summed E-state index contributed by atoms with van der Waals surface area (Å²) in [5.41, 5.74) is 3.60. The maximum Gasteiger partial charge on any atom is 0.329 e. The van der Waals surface area contributed by atoms with E-state index in [9.17, 15) is 14.7 Å². The number of methoxy groups -OCH3 is 1. The quantitative estimate of drug-likeness (QED) is 0.223. The topological polar surface area (TPSA) is 136 Å². The summed E-state index contributed by atoms with van der Waals surface area (Å²) in [4.78, 5) is 31.5. The van der Waals surface area contributed by atoms with Gasteiger partial charge in [-0.25, -0.2) is 10.2 Å². The SMILES string of the molecule is COc1ccc(OC[C@@H](O)Cn2c(N/N=C(C)/C=C/c3ccccc3)nc3c2c(=O)[nH]c(=O)n3C)cc1. The smallest absolute Gasteiger partial charge is 0.329 e. The van der Waals surface area contributed by atoms with Gasteiger partial charge in [0, 0.05) is 7.05 Å². The van der Waals surface area contributed by atoms with Crippen LogP contribution in [0.4, 0.5) is 5.95 Å². The lowest BCUT2D eigenvalue weighted by Crippen LogP contribution is -2.30. The lowest BCUT2D eigenvalue weighted by Gasteiger charge is -2.15. The Bertz CT molecular complexity index is 1530. The van der Waals surface area contributed by atoms with Gasteiger partial charge in [-0.2, -0.15) is 10.1 Å². The van der Waals surface area contributed by atoms with E-state index in [-0.39, 0.29) is 30.3 Å². The van der Waals surface area contributed by atoms with Crippen LogP contribution < -0.4 is 26.1 Å². The molecule has 0 radical (unpaired) electrons. The molecule has 4 aromatic rings. The first-order valence-electron chi connectivity index (χ1n) is 11.5. The average molecular weight is 505 g/mol. The van der Waals surface area contributed by atoms with Crippen molar-refractivity contribution in [3.63, 3.8) is 0 Å². The summed E-state index contributed by atoms with van der Waals surface area (Å²) in [6, 6.07) is 16.7. The summed E-state index contributed by atoms with van der Waals surface area (Å²) < 4.78 is 13.5. The molecular formula is C26H28N6O5. The molecule has 0 aliphatic heterocycles. The lowest BCUT2D eigenvalue weighted by atomic mass is 10.2. The van der Waals surface area contributed by atoms with Gasteiger partial charge in [0.05, 0.1) is 19.4 Å². The third-order valence-electron chi connectivity index (χ3n) is 5.55. The van der Waals surface area contributed by atoms with E-state index in [4.69, 9.17) is 9.47 Å². The number of ether oxygens (including phenoxy) is 2. The van der Waals surface area contributed by atoms with Crippen molar-refractivity contribution in [1.29, 1.82) is 0 Å². The third kappa shape index (κ3) is 6.14. The summed E-state index contributed by atoms with van der Waals surface area (Å²) in [6.07, 6.45) is 2.74. The second-order valence-electron chi connectivity index (χ2n) is 8.29. The first-order valence-corrected chi connectivity index (χ1v) is 11.5. The molecule has 37 heavy (non-hydrogen) atoms. The van der Waals surface area contributed by atoms with Gasteiger partial charge in [-0.3, -0.25) is 14.3 Å². The monoisotopic (exact) mass is 504 g/mol. The van der Waals surface area contributed by atoms with E-state index in [2.05, 4.69) is 20.5 Å². The van der Waals surface area contributed by atoms with Gasteiger partial charge in [0.1, 0.15) is 24.2 Å². The first-order chi connectivity index (χ1) is 17.9. The molecule has 192 valence electrons. The molecule has 0 aliphatic rings. The number of hydrazone groups is 1. The number of nitrogens with zero attached hydrogens (tertiary/aromatic N) is 4. The Morgan fingerprint density at radius 1 is 1.16 bits per heavy atom. The van der Waals surface area contributed by atoms with Gasteiger partial charge in [0.15, 0.2) is 11.2 Å². The van der Waals surface area contributed by atoms with Crippen LogP contribution >= 0.6 is 0 Å². The molecule has 0 spiro atoms. The van der Waals surface area contributed by atoms with Crippen LogP contribution in [0.3, 0.4) is 0 Å². The number of H-pyrrole nitrogens is 1. The number of aliphatic hydroxyl groups excluding tert-OH is 1. The number of rotatable bonds is 10. The molecule has 11 nitrogen and oxygen atoms in total. The van der Waals surface area contributed by atoms with Crippen LogP contribution in [0, 0.1) is 0 Å². The van der Waals surface area contributed by atoms with Gasteiger partial charge in [0.2, 0.25) is 5.95 Å². The third-order valence-corrected chi connectivity index (χ3v) is 5.55. The highest BCUT2D eigenvalue weighted by molar-refractivity contribution is 5.96. The molecule has 0 unspecified atom stereocenters. The molecule has 4 rings (SSSR count). The Hall–Kier alpha value is -4.64. The number of imidazole rings is 1. The van der Waals surface area contributed by atoms with E-state index >= 15 is 0 Å². The summed E-state index contributed by atoms with van der Waals surface area (Å²) in [6.45, 7) is 1.72. The minimum atomic E-state index is -1.00. The molecule has 0 saturated heterocycles. The predicted molar refractivity (Wildman–Crippen MR) is 142 cm³/mol. The number of hydrogen-bond acceptors (Lipinski definition) is 8. The number of aliphatic hydroxyl groups is 1. The van der Waals surface area contributed by atoms with Crippen molar-refractivity contribution < 1.29 is 14.6 Å². The van der Waals surface area contributed by atoms with E-state index in [1.807, 2.05) is 42.5 Å². The van der Waals surface area contributed by atoms with Crippen LogP contribution in [0.2, 0.25) is 0 Å². The van der Waals surface area contributed by atoms with Crippen molar-refractivity contribution in [3.05, 3.63) is 87.1 Å². The highest BCUT2D eigenvalue weighted by Crippen LogP contribution is 2.19. The number of benzene rings is 2. The van der Waals surface area contributed by atoms with Crippen LogP contribution in [-0.4, -0.2) is 49.7 Å². The molecule has 0 fully saturated rings. The molecule has 0 aliphatic carbocycles. The number of aromatic nitrogens is 4. The van der Waals surface area contributed by atoms with Crippen LogP contribution in [0.5, 0.6) is 11.5 Å². The van der Waals surface area contributed by atoms with Crippen LogP contribution in [-0.2, 0) is 13.6 Å². The Morgan fingerprint density at radius 2 is 1.86 bits per heavy atom. The molecular weight excluding hydrogens is 476 g/mol. The van der Waals surface area contributed by atoms with Gasteiger partial charge in [-0.15, -0.1) is 0 Å². The van der Waals surface area contributed by atoms with Crippen LogP contribution in [0.1, 0.15) is 12.5 Å². The van der Waals surface area contributed by atoms with Gasteiger partial charge < -0.3 is 19.1 Å². The summed E-state index contributed by atoms with van der Waals surface area (Å²) in [5, 5.41) is 15.1. The van der Waals surface area contributed by atoms with Crippen molar-refractivity contribution in [3.8, 4) is 11.5 Å². The van der Waals surface area contributed by atoms with E-state index in [1.165, 1.54) is 16.2 Å². The van der Waals surface area contributed by atoms with Gasteiger partial charge in [-0.1, -0.05) is 36.4 Å². The number of anilines is 1. The summed E-state index contributed by atoms with van der Waals surface area (Å²) in [7, 11) is 3.07. The van der Waals surface area contributed by atoms with Crippen LogP contribution in [0.25, 0.3) is 17.2 Å². The average Bonchev–Trinajstić information content (AvgIpc) is 3.27. The fraction of sp³-hybridized carbons (Fsp3) is 0.231. The zero-order valence-electron chi connectivity index (χ0n) is 20.7. The van der Waals surface area contributed by atoms with Crippen LogP contribution in [0.15, 0.2) is 75.4 Å². The number of fused-ring (bicyclic) bond motifs is 1. The first kappa shape index (κ1) is 25.5. The van der Waals surface area contributed by atoms with E-state index < -0.39 is 17.4 Å². The molecule has 0 saturated carbocycles. The lowest BCUT2D eigenvalue weighted by molar-refractivity contribution is 0.0938. The minimum absolute atomic E-state index is 0.0370. The molecule has 2 heterocycles. The molecule has 2 aromatic carbocycles. The fourth-order valence-electron chi connectivity index (χ4n) is 3.58. The second kappa shape index (κ2) is 11.4. The maximum absolute atomic E-state index is 12.7. The van der Waals surface area contributed by atoms with Gasteiger partial charge in [0.25, 0.3) is 5.56 Å². The van der Waals surface area contributed by atoms with Crippen molar-refractivity contribution >= 4 is 28.9 Å². The normalized spacial score (nSPS) is 12.7. The number of hydrogen-bond donors (Lipinski definition) is 3. The molecule has 3 N–H and O–H groups in total. The minimum Gasteiger partial charge on any atom is -0.497 e. The van der Waals surface area contributed by atoms with Gasteiger partial charge in [-0.05, 0) is 42.8 Å². The Labute approximate surface area is 212 Å². The highest BCUT2D eigenvalue weighted by atomic mass is 16.5. The number of aryl methyl sites for hydroxylation is 1. The van der Waals surface area contributed by atoms with Crippen molar-refractivity contribution in [1.82, 2.24) is 19.1 Å². The van der Waals surface area contributed by atoms with E-state index in [1.54, 1.807) is 38.3 Å². The molecule has 2 aromatic heterocycles. The summed E-state index contributed by atoms with van der Waals surface area (Å²) in [5.74, 6) is 1.44. The maximum atomic E-state index is 12.7. The number of aromatic amines is 1. The zero-order chi connectivity index (χ0) is 26.4. The standard InChI is InChI=1S/C26H28N6O5/c1-17(9-10-18-7-5-4-6-8-18)29-30-25-27-23-22(24(34)28-26(35)31(23)2)32(25)15-19(33)16-37-21-13-11-20(36-3)12-14-21/h4-14,19,33H,15-16H2,1-3H3,(H,27,30)(H,28,34,35)/b10-9+,29-17+/t19-/m0/s1. The Morgan fingerprint density at radius 3 is 2.57 bits per heavy atom. The molecule has 0 bridgehead atoms. The molecule has 1 atom stereocenters. The number of nitrogens with one attached hydrogen (secondary N) is 2. The zero-order valence-corrected chi connectivity index (χ0v) is 20.7. The van der Waals surface area contributed by atoms with E-state index in [0.717, 1.165) is 5.56 Å². The van der Waals surface area contributed by atoms with Gasteiger partial charge >= 0.3 is 5.69 Å². The largest absolute Gasteiger partial charge is 0.497 e. The highest BCUT2D eigenvalue weighted by Gasteiger charge is 2.20. The Kier molecular flexibility index (Phi) is 7.84. The predicted octanol–water partition coefficient (Wildman–Crippen LogP) is 2.37. The number of allylic oxidation sites excluding steroid dienone is 1. The van der Waals surface area contributed by atoms with Crippen molar-refractivity contribution in [2.75, 3.05) is 19.1 Å². The fourth-order valence-corrected chi connectivity index (χ4v) is 3.58. The molecule has 11 heteroatoms. The van der Waals surface area contributed by atoms with Crippen molar-refractivity contribution in [2.24, 2.45) is 12.1 Å². The van der Waals surface area contributed by atoms with E-state index in [0.29, 0.717) is 17.2 Å². The second-order valence-corrected chi connectivity index (χ2v) is 8.29. The Balaban J connectivity index is 1.57.